The van der Waals surface area contributed by atoms with E-state index in [9.17, 15) is 23.3 Å². The van der Waals surface area contributed by atoms with E-state index in [4.69, 9.17) is 0 Å². The van der Waals surface area contributed by atoms with Crippen molar-refractivity contribution >= 4 is 33.8 Å². The SMILES string of the molecule is CC(NC(=O)C1(S(C)(=O)=O)CCNCC1)c1cccc([N+](=O)[O-])c1.Cl. The number of piperidine rings is 1. The van der Waals surface area contributed by atoms with E-state index in [1.54, 1.807) is 13.0 Å². The fraction of sp³-hybridized carbons (Fsp3) is 0.533. The van der Waals surface area contributed by atoms with Crippen molar-refractivity contribution in [3.8, 4) is 0 Å². The van der Waals surface area contributed by atoms with Crippen LogP contribution in [0.4, 0.5) is 5.69 Å². The Bertz CT molecular complexity index is 747. The molecular weight excluding hydrogens is 370 g/mol. The summed E-state index contributed by atoms with van der Waals surface area (Å²) in [4.78, 5) is 23.1. The highest BCUT2D eigenvalue weighted by atomic mass is 35.5. The molecule has 25 heavy (non-hydrogen) atoms. The lowest BCUT2D eigenvalue weighted by Gasteiger charge is -2.35. The van der Waals surface area contributed by atoms with Gasteiger partial charge in [0.15, 0.2) is 14.6 Å². The summed E-state index contributed by atoms with van der Waals surface area (Å²) < 4.78 is 23.0. The third-order valence-corrected chi connectivity index (χ3v) is 6.48. The van der Waals surface area contributed by atoms with Gasteiger partial charge in [-0.3, -0.25) is 14.9 Å². The van der Waals surface area contributed by atoms with Crippen molar-refractivity contribution in [1.82, 2.24) is 10.6 Å². The molecule has 1 atom stereocenters. The van der Waals surface area contributed by atoms with E-state index < -0.39 is 31.5 Å². The van der Waals surface area contributed by atoms with Gasteiger partial charge in [-0.05, 0) is 38.4 Å². The minimum Gasteiger partial charge on any atom is -0.348 e. The quantitative estimate of drug-likeness (QED) is 0.577. The average Bonchev–Trinajstić information content (AvgIpc) is 2.54. The van der Waals surface area contributed by atoms with Crippen molar-refractivity contribution in [2.75, 3.05) is 19.3 Å². The van der Waals surface area contributed by atoms with Crippen LogP contribution in [-0.4, -0.2) is 43.3 Å². The van der Waals surface area contributed by atoms with Gasteiger partial charge in [0.25, 0.3) is 5.69 Å². The zero-order valence-electron chi connectivity index (χ0n) is 14.0. The molecule has 10 heteroatoms. The molecule has 0 aromatic heterocycles. The molecule has 1 aliphatic heterocycles. The van der Waals surface area contributed by atoms with Crippen LogP contribution in [0.2, 0.25) is 0 Å². The number of carbonyl (C=O) groups is 1. The van der Waals surface area contributed by atoms with Crippen LogP contribution in [0.25, 0.3) is 0 Å². The number of halogens is 1. The lowest BCUT2D eigenvalue weighted by Crippen LogP contribution is -2.57. The van der Waals surface area contributed by atoms with Crippen molar-refractivity contribution in [2.45, 2.75) is 30.6 Å². The third kappa shape index (κ3) is 4.47. The van der Waals surface area contributed by atoms with Crippen molar-refractivity contribution < 1.29 is 18.1 Å². The molecule has 0 spiro atoms. The first-order chi connectivity index (χ1) is 11.2. The molecule has 0 bridgehead atoms. The minimum absolute atomic E-state index is 0. The third-order valence-electron chi connectivity index (χ3n) is 4.46. The zero-order valence-corrected chi connectivity index (χ0v) is 15.7. The molecule has 1 aromatic rings. The van der Waals surface area contributed by atoms with Crippen molar-refractivity contribution in [3.05, 3.63) is 39.9 Å². The fourth-order valence-corrected chi connectivity index (χ4v) is 4.26. The lowest BCUT2D eigenvalue weighted by molar-refractivity contribution is -0.384. The van der Waals surface area contributed by atoms with Crippen molar-refractivity contribution in [2.24, 2.45) is 0 Å². The maximum atomic E-state index is 12.7. The summed E-state index contributed by atoms with van der Waals surface area (Å²) in [6.45, 7) is 2.57. The number of benzene rings is 1. The molecule has 1 unspecified atom stereocenters. The summed E-state index contributed by atoms with van der Waals surface area (Å²) in [5.74, 6) is -0.550. The number of hydrogen-bond acceptors (Lipinski definition) is 6. The number of non-ortho nitro benzene ring substituents is 1. The van der Waals surface area contributed by atoms with Crippen LogP contribution in [0.15, 0.2) is 24.3 Å². The number of rotatable bonds is 5. The number of nitrogens with zero attached hydrogens (tertiary/aromatic N) is 1. The highest BCUT2D eigenvalue weighted by Crippen LogP contribution is 2.29. The highest BCUT2D eigenvalue weighted by Gasteiger charge is 2.48. The number of amides is 1. The minimum atomic E-state index is -3.60. The van der Waals surface area contributed by atoms with E-state index in [0.29, 0.717) is 18.7 Å². The fourth-order valence-electron chi connectivity index (χ4n) is 2.92. The van der Waals surface area contributed by atoms with Gasteiger partial charge in [-0.2, -0.15) is 0 Å². The number of carbonyl (C=O) groups excluding carboxylic acids is 1. The summed E-state index contributed by atoms with van der Waals surface area (Å²) in [6.07, 6.45) is 1.49. The van der Waals surface area contributed by atoms with E-state index in [1.165, 1.54) is 18.2 Å². The Morgan fingerprint density at radius 2 is 1.96 bits per heavy atom. The van der Waals surface area contributed by atoms with Gasteiger partial charge in [-0.1, -0.05) is 12.1 Å². The van der Waals surface area contributed by atoms with E-state index in [-0.39, 0.29) is 30.9 Å². The molecule has 1 saturated heterocycles. The summed E-state index contributed by atoms with van der Waals surface area (Å²) >= 11 is 0. The van der Waals surface area contributed by atoms with Gasteiger partial charge in [0.2, 0.25) is 5.91 Å². The van der Waals surface area contributed by atoms with Crippen LogP contribution in [0.1, 0.15) is 31.4 Å². The number of nitro benzene ring substituents is 1. The van der Waals surface area contributed by atoms with Gasteiger partial charge in [0.1, 0.15) is 0 Å². The lowest BCUT2D eigenvalue weighted by atomic mass is 9.95. The summed E-state index contributed by atoms with van der Waals surface area (Å²) in [5, 5.41) is 16.6. The van der Waals surface area contributed by atoms with Gasteiger partial charge in [-0.15, -0.1) is 12.4 Å². The zero-order chi connectivity index (χ0) is 18.0. The summed E-state index contributed by atoms with van der Waals surface area (Å²) in [5.41, 5.74) is 0.475. The summed E-state index contributed by atoms with van der Waals surface area (Å²) in [7, 11) is -3.60. The monoisotopic (exact) mass is 391 g/mol. The number of nitrogens with one attached hydrogen (secondary N) is 2. The second-order valence-electron chi connectivity index (χ2n) is 6.06. The maximum absolute atomic E-state index is 12.7. The first kappa shape index (κ1) is 21.3. The first-order valence-electron chi connectivity index (χ1n) is 7.63. The normalized spacial score (nSPS) is 17.8. The largest absolute Gasteiger partial charge is 0.348 e. The molecule has 0 aliphatic carbocycles. The molecule has 1 aliphatic rings. The summed E-state index contributed by atoms with van der Waals surface area (Å²) in [6, 6.07) is 5.40. The van der Waals surface area contributed by atoms with Crippen LogP contribution in [0.3, 0.4) is 0 Å². The maximum Gasteiger partial charge on any atom is 0.269 e. The van der Waals surface area contributed by atoms with Crippen molar-refractivity contribution in [3.63, 3.8) is 0 Å². The Morgan fingerprint density at radius 3 is 2.48 bits per heavy atom. The second kappa shape index (κ2) is 8.11. The van der Waals surface area contributed by atoms with Gasteiger partial charge < -0.3 is 10.6 Å². The molecule has 140 valence electrons. The molecule has 1 amide bonds. The number of sulfone groups is 1. The standard InChI is InChI=1S/C15H21N3O5S.ClH/c1-11(12-4-3-5-13(10-12)18(20)21)17-14(19)15(24(2,22)23)6-8-16-9-7-15;/h3-5,10-11,16H,6-9H2,1-2H3,(H,17,19);1H. The molecule has 2 rings (SSSR count). The van der Waals surface area contributed by atoms with E-state index in [2.05, 4.69) is 10.6 Å². The van der Waals surface area contributed by atoms with Crippen LogP contribution >= 0.6 is 12.4 Å². The van der Waals surface area contributed by atoms with Crippen LogP contribution in [0.5, 0.6) is 0 Å². The predicted octanol–water partition coefficient (Wildman–Crippen LogP) is 1.36. The van der Waals surface area contributed by atoms with E-state index in [1.807, 2.05) is 0 Å². The van der Waals surface area contributed by atoms with Gasteiger partial charge >= 0.3 is 0 Å². The van der Waals surface area contributed by atoms with Gasteiger partial charge in [-0.25, -0.2) is 8.42 Å². The molecule has 1 fully saturated rings. The first-order valence-corrected chi connectivity index (χ1v) is 9.52. The van der Waals surface area contributed by atoms with Crippen LogP contribution in [0, 0.1) is 10.1 Å². The Balaban J connectivity index is 0.00000312. The molecule has 0 radical (unpaired) electrons. The number of nitro groups is 1. The van der Waals surface area contributed by atoms with E-state index >= 15 is 0 Å². The molecule has 2 N–H and O–H groups in total. The van der Waals surface area contributed by atoms with Gasteiger partial charge in [0.05, 0.1) is 11.0 Å². The Kier molecular flexibility index (Phi) is 6.92. The molecule has 0 saturated carbocycles. The highest BCUT2D eigenvalue weighted by molar-refractivity contribution is 7.92. The Labute approximate surface area is 152 Å². The smallest absolute Gasteiger partial charge is 0.269 e. The predicted molar refractivity (Wildman–Crippen MR) is 96.6 cm³/mol. The Morgan fingerprint density at radius 1 is 1.36 bits per heavy atom. The van der Waals surface area contributed by atoms with Gasteiger partial charge in [0, 0.05) is 18.4 Å². The molecule has 1 heterocycles. The number of hydrogen-bond donors (Lipinski definition) is 2. The topological polar surface area (TPSA) is 118 Å². The second-order valence-corrected chi connectivity index (χ2v) is 8.39. The van der Waals surface area contributed by atoms with E-state index in [0.717, 1.165) is 6.26 Å². The average molecular weight is 392 g/mol. The Hall–Kier alpha value is -1.71. The van der Waals surface area contributed by atoms with Crippen LogP contribution < -0.4 is 10.6 Å². The van der Waals surface area contributed by atoms with Crippen molar-refractivity contribution in [1.29, 1.82) is 0 Å². The molecule has 8 nitrogen and oxygen atoms in total. The molecule has 1 aromatic carbocycles. The molecular formula is C15H22ClN3O5S. The van der Waals surface area contributed by atoms with Crippen LogP contribution in [-0.2, 0) is 14.6 Å².